The Labute approximate surface area is 92.4 Å². The van der Waals surface area contributed by atoms with E-state index in [1.54, 1.807) is 10.7 Å². The van der Waals surface area contributed by atoms with E-state index in [4.69, 9.17) is 5.11 Å². The molecule has 5 heteroatoms. The van der Waals surface area contributed by atoms with E-state index in [0.717, 1.165) is 11.4 Å². The standard InChI is InChI=1S/C11H11N3O2/c1-7-5-8(2)14(13-7)10-4-3-9(6-12-10)11(15)16/h3-6H,1-2H3,(H,15,16). The molecule has 0 bridgehead atoms. The zero-order valence-electron chi connectivity index (χ0n) is 9.01. The van der Waals surface area contributed by atoms with Gasteiger partial charge in [-0.25, -0.2) is 14.5 Å². The minimum atomic E-state index is -0.979. The molecule has 0 spiro atoms. The first-order valence-corrected chi connectivity index (χ1v) is 4.81. The lowest BCUT2D eigenvalue weighted by atomic mass is 10.3. The van der Waals surface area contributed by atoms with Crippen molar-refractivity contribution < 1.29 is 9.90 Å². The molecule has 2 aromatic heterocycles. The van der Waals surface area contributed by atoms with Gasteiger partial charge in [0.2, 0.25) is 0 Å². The summed E-state index contributed by atoms with van der Waals surface area (Å²) >= 11 is 0. The van der Waals surface area contributed by atoms with Crippen LogP contribution in [0.3, 0.4) is 0 Å². The normalized spacial score (nSPS) is 10.4. The molecule has 5 nitrogen and oxygen atoms in total. The average molecular weight is 217 g/mol. The number of pyridine rings is 1. The van der Waals surface area contributed by atoms with Crippen molar-refractivity contribution in [2.75, 3.05) is 0 Å². The summed E-state index contributed by atoms with van der Waals surface area (Å²) < 4.78 is 1.68. The molecule has 0 atom stereocenters. The van der Waals surface area contributed by atoms with E-state index in [-0.39, 0.29) is 5.56 Å². The van der Waals surface area contributed by atoms with Gasteiger partial charge in [-0.3, -0.25) is 0 Å². The lowest BCUT2D eigenvalue weighted by Crippen LogP contribution is -2.04. The molecule has 0 aliphatic carbocycles. The zero-order valence-corrected chi connectivity index (χ0v) is 9.01. The monoisotopic (exact) mass is 217 g/mol. The van der Waals surface area contributed by atoms with Crippen LogP contribution in [0.4, 0.5) is 0 Å². The van der Waals surface area contributed by atoms with Crippen molar-refractivity contribution in [3.05, 3.63) is 41.3 Å². The molecule has 0 amide bonds. The number of aryl methyl sites for hydroxylation is 2. The Bertz CT molecular complexity index is 529. The topological polar surface area (TPSA) is 68.0 Å². The van der Waals surface area contributed by atoms with Crippen molar-refractivity contribution in [2.24, 2.45) is 0 Å². The van der Waals surface area contributed by atoms with Crippen LogP contribution < -0.4 is 0 Å². The van der Waals surface area contributed by atoms with Crippen molar-refractivity contribution in [3.63, 3.8) is 0 Å². The van der Waals surface area contributed by atoms with Crippen LogP contribution in [0.2, 0.25) is 0 Å². The van der Waals surface area contributed by atoms with Crippen LogP contribution in [-0.2, 0) is 0 Å². The third kappa shape index (κ3) is 1.79. The van der Waals surface area contributed by atoms with Crippen molar-refractivity contribution in [1.29, 1.82) is 0 Å². The summed E-state index contributed by atoms with van der Waals surface area (Å²) in [6, 6.07) is 5.09. The van der Waals surface area contributed by atoms with Crippen LogP contribution in [0, 0.1) is 13.8 Å². The first-order valence-electron chi connectivity index (χ1n) is 4.81. The number of carbonyl (C=O) groups is 1. The third-order valence-corrected chi connectivity index (χ3v) is 2.22. The maximum Gasteiger partial charge on any atom is 0.337 e. The van der Waals surface area contributed by atoms with Gasteiger partial charge >= 0.3 is 5.97 Å². The fourth-order valence-corrected chi connectivity index (χ4v) is 1.50. The van der Waals surface area contributed by atoms with Gasteiger partial charge in [0, 0.05) is 11.9 Å². The number of nitrogens with zero attached hydrogens (tertiary/aromatic N) is 3. The van der Waals surface area contributed by atoms with Crippen molar-refractivity contribution in [2.45, 2.75) is 13.8 Å². The first kappa shape index (κ1) is 10.4. The molecule has 16 heavy (non-hydrogen) atoms. The molecule has 2 rings (SSSR count). The van der Waals surface area contributed by atoms with Gasteiger partial charge in [-0.15, -0.1) is 0 Å². The highest BCUT2D eigenvalue weighted by molar-refractivity contribution is 5.87. The Kier molecular flexibility index (Phi) is 2.44. The van der Waals surface area contributed by atoms with Crippen LogP contribution in [0.1, 0.15) is 21.7 Å². The number of carboxylic acid groups (broad SMARTS) is 1. The molecule has 0 aromatic carbocycles. The summed E-state index contributed by atoms with van der Waals surface area (Å²) in [5.41, 5.74) is 2.04. The van der Waals surface area contributed by atoms with Crippen molar-refractivity contribution in [3.8, 4) is 5.82 Å². The second kappa shape index (κ2) is 3.77. The Morgan fingerprint density at radius 2 is 2.12 bits per heavy atom. The van der Waals surface area contributed by atoms with Crippen LogP contribution in [0.25, 0.3) is 5.82 Å². The first-order chi connectivity index (χ1) is 7.58. The molecule has 0 unspecified atom stereocenters. The van der Waals surface area contributed by atoms with E-state index in [0.29, 0.717) is 5.82 Å². The number of aromatic carboxylic acids is 1. The van der Waals surface area contributed by atoms with Crippen LogP contribution in [0.5, 0.6) is 0 Å². The van der Waals surface area contributed by atoms with Crippen LogP contribution >= 0.6 is 0 Å². The van der Waals surface area contributed by atoms with Crippen molar-refractivity contribution in [1.82, 2.24) is 14.8 Å². The molecule has 0 saturated heterocycles. The van der Waals surface area contributed by atoms with Gasteiger partial charge in [-0.2, -0.15) is 5.10 Å². The van der Waals surface area contributed by atoms with Gasteiger partial charge < -0.3 is 5.11 Å². The Morgan fingerprint density at radius 3 is 2.56 bits per heavy atom. The minimum Gasteiger partial charge on any atom is -0.478 e. The average Bonchev–Trinajstić information content (AvgIpc) is 2.58. The lowest BCUT2D eigenvalue weighted by Gasteiger charge is -2.02. The van der Waals surface area contributed by atoms with Gasteiger partial charge in [0.1, 0.15) is 0 Å². The van der Waals surface area contributed by atoms with E-state index < -0.39 is 5.97 Å². The van der Waals surface area contributed by atoms with E-state index in [2.05, 4.69) is 10.1 Å². The maximum absolute atomic E-state index is 10.7. The summed E-state index contributed by atoms with van der Waals surface area (Å²) in [7, 11) is 0. The number of hydrogen-bond acceptors (Lipinski definition) is 3. The predicted octanol–water partition coefficient (Wildman–Crippen LogP) is 1.58. The highest BCUT2D eigenvalue weighted by Crippen LogP contribution is 2.10. The predicted molar refractivity (Wildman–Crippen MR) is 57.8 cm³/mol. The van der Waals surface area contributed by atoms with Gasteiger partial charge in [0.05, 0.1) is 11.3 Å². The fraction of sp³-hybridized carbons (Fsp3) is 0.182. The van der Waals surface area contributed by atoms with E-state index in [9.17, 15) is 4.79 Å². The van der Waals surface area contributed by atoms with Crippen LogP contribution in [-0.4, -0.2) is 25.8 Å². The Morgan fingerprint density at radius 1 is 1.38 bits per heavy atom. The largest absolute Gasteiger partial charge is 0.478 e. The molecular formula is C11H11N3O2. The van der Waals surface area contributed by atoms with Gasteiger partial charge in [-0.1, -0.05) is 0 Å². The quantitative estimate of drug-likeness (QED) is 0.829. The summed E-state index contributed by atoms with van der Waals surface area (Å²) in [4.78, 5) is 14.7. The smallest absolute Gasteiger partial charge is 0.337 e. The maximum atomic E-state index is 10.7. The molecule has 0 fully saturated rings. The van der Waals surface area contributed by atoms with Gasteiger partial charge in [-0.05, 0) is 32.0 Å². The molecule has 0 radical (unpaired) electrons. The van der Waals surface area contributed by atoms with Gasteiger partial charge in [0.15, 0.2) is 5.82 Å². The highest BCUT2D eigenvalue weighted by Gasteiger charge is 2.07. The molecule has 0 saturated carbocycles. The second-order valence-electron chi connectivity index (χ2n) is 3.55. The second-order valence-corrected chi connectivity index (χ2v) is 3.55. The zero-order chi connectivity index (χ0) is 11.7. The lowest BCUT2D eigenvalue weighted by molar-refractivity contribution is 0.0696. The number of rotatable bonds is 2. The van der Waals surface area contributed by atoms with Gasteiger partial charge in [0.25, 0.3) is 0 Å². The highest BCUT2D eigenvalue weighted by atomic mass is 16.4. The fourth-order valence-electron chi connectivity index (χ4n) is 1.50. The molecule has 1 N–H and O–H groups in total. The summed E-state index contributed by atoms with van der Waals surface area (Å²) in [6.45, 7) is 3.82. The molecule has 2 aromatic rings. The number of hydrogen-bond donors (Lipinski definition) is 1. The third-order valence-electron chi connectivity index (χ3n) is 2.22. The SMILES string of the molecule is Cc1cc(C)n(-c2ccc(C(=O)O)cn2)n1. The summed E-state index contributed by atoms with van der Waals surface area (Å²) in [6.07, 6.45) is 1.33. The molecule has 0 aliphatic rings. The van der Waals surface area contributed by atoms with Crippen LogP contribution in [0.15, 0.2) is 24.4 Å². The summed E-state index contributed by atoms with van der Waals surface area (Å²) in [5.74, 6) is -0.358. The Balaban J connectivity index is 2.42. The molecule has 2 heterocycles. The molecular weight excluding hydrogens is 206 g/mol. The number of carboxylic acids is 1. The summed E-state index contributed by atoms with van der Waals surface area (Å²) in [5, 5.41) is 13.0. The molecule has 0 aliphatic heterocycles. The van der Waals surface area contributed by atoms with E-state index >= 15 is 0 Å². The number of aromatic nitrogens is 3. The molecule has 82 valence electrons. The van der Waals surface area contributed by atoms with E-state index in [1.807, 2.05) is 19.9 Å². The minimum absolute atomic E-state index is 0.172. The van der Waals surface area contributed by atoms with Crippen molar-refractivity contribution >= 4 is 5.97 Å². The van der Waals surface area contributed by atoms with E-state index in [1.165, 1.54) is 12.3 Å². The Hall–Kier alpha value is -2.17.